The average Bonchev–Trinajstić information content (AvgIpc) is 2.54. The molecule has 1 saturated heterocycles. The first-order chi connectivity index (χ1) is 11.8. The minimum Gasteiger partial charge on any atom is -0.444 e. The summed E-state index contributed by atoms with van der Waals surface area (Å²) in [6, 6.07) is 1.96. The van der Waals surface area contributed by atoms with E-state index in [0.717, 1.165) is 16.6 Å². The highest BCUT2D eigenvalue weighted by Crippen LogP contribution is 2.29. The Morgan fingerprint density at radius 1 is 1.28 bits per heavy atom. The highest BCUT2D eigenvalue weighted by atomic mass is 35.5. The van der Waals surface area contributed by atoms with Gasteiger partial charge in [0.25, 0.3) is 0 Å². The Hall–Kier alpha value is -2.15. The van der Waals surface area contributed by atoms with Gasteiger partial charge in [-0.2, -0.15) is 0 Å². The van der Waals surface area contributed by atoms with Gasteiger partial charge in [0, 0.05) is 48.8 Å². The number of anilines is 1. The topological polar surface area (TPSA) is 71.5 Å². The van der Waals surface area contributed by atoms with E-state index in [1.54, 1.807) is 17.3 Å². The van der Waals surface area contributed by atoms with E-state index < -0.39 is 5.60 Å². The molecule has 8 heteroatoms. The predicted octanol–water partition coefficient (Wildman–Crippen LogP) is 3.12. The molecule has 0 bridgehead atoms. The quantitative estimate of drug-likeness (QED) is 0.775. The number of rotatable bonds is 1. The SMILES string of the molecule is CC1CN(C(=O)OC(C)(C)C)CCN1c1nnc(Cl)c2cnccc12. The molecule has 1 fully saturated rings. The van der Waals surface area contributed by atoms with E-state index in [1.807, 2.05) is 26.8 Å². The second kappa shape index (κ2) is 6.63. The maximum atomic E-state index is 12.3. The summed E-state index contributed by atoms with van der Waals surface area (Å²) in [5.41, 5.74) is -0.498. The molecule has 0 aliphatic carbocycles. The minimum atomic E-state index is -0.498. The van der Waals surface area contributed by atoms with E-state index in [1.165, 1.54) is 0 Å². The summed E-state index contributed by atoms with van der Waals surface area (Å²) < 4.78 is 5.47. The van der Waals surface area contributed by atoms with Crippen LogP contribution in [0.15, 0.2) is 18.5 Å². The van der Waals surface area contributed by atoms with Crippen molar-refractivity contribution in [2.75, 3.05) is 24.5 Å². The Bertz CT molecular complexity index is 792. The van der Waals surface area contributed by atoms with Crippen molar-refractivity contribution < 1.29 is 9.53 Å². The summed E-state index contributed by atoms with van der Waals surface area (Å²) in [5.74, 6) is 0.762. The molecule has 1 aliphatic rings. The van der Waals surface area contributed by atoms with Crippen LogP contribution in [-0.2, 0) is 4.74 Å². The Morgan fingerprint density at radius 2 is 2.04 bits per heavy atom. The molecule has 7 nitrogen and oxygen atoms in total. The van der Waals surface area contributed by atoms with Crippen molar-refractivity contribution >= 4 is 34.3 Å². The first-order valence-electron chi connectivity index (χ1n) is 8.27. The van der Waals surface area contributed by atoms with Crippen molar-refractivity contribution in [1.82, 2.24) is 20.1 Å². The van der Waals surface area contributed by atoms with Crippen molar-refractivity contribution in [3.05, 3.63) is 23.6 Å². The van der Waals surface area contributed by atoms with Crippen LogP contribution >= 0.6 is 11.6 Å². The van der Waals surface area contributed by atoms with E-state index in [0.29, 0.717) is 24.8 Å². The summed E-state index contributed by atoms with van der Waals surface area (Å²) in [6.45, 7) is 9.44. The number of piperazine rings is 1. The molecule has 1 amide bonds. The molecule has 1 atom stereocenters. The summed E-state index contributed by atoms with van der Waals surface area (Å²) in [5, 5.41) is 10.4. The number of pyridine rings is 1. The number of nitrogens with zero attached hydrogens (tertiary/aromatic N) is 5. The Kier molecular flexibility index (Phi) is 4.69. The molecular formula is C17H22ClN5O2. The van der Waals surface area contributed by atoms with Crippen molar-refractivity contribution in [2.24, 2.45) is 0 Å². The highest BCUT2D eigenvalue weighted by molar-refractivity contribution is 6.34. The third-order valence-corrected chi connectivity index (χ3v) is 4.35. The maximum Gasteiger partial charge on any atom is 0.410 e. The molecule has 134 valence electrons. The fraction of sp³-hybridized carbons (Fsp3) is 0.529. The van der Waals surface area contributed by atoms with Gasteiger partial charge < -0.3 is 14.5 Å². The van der Waals surface area contributed by atoms with Crippen molar-refractivity contribution in [2.45, 2.75) is 39.3 Å². The molecule has 3 rings (SSSR count). The van der Waals surface area contributed by atoms with Gasteiger partial charge >= 0.3 is 6.09 Å². The first-order valence-corrected chi connectivity index (χ1v) is 8.64. The number of aromatic nitrogens is 3. The second-order valence-corrected chi connectivity index (χ2v) is 7.56. The van der Waals surface area contributed by atoms with Gasteiger partial charge in [0.05, 0.1) is 0 Å². The number of ether oxygens (including phenoxy) is 1. The van der Waals surface area contributed by atoms with Crippen LogP contribution in [0.4, 0.5) is 10.6 Å². The summed E-state index contributed by atoms with van der Waals surface area (Å²) in [7, 11) is 0. The van der Waals surface area contributed by atoms with E-state index in [9.17, 15) is 4.79 Å². The van der Waals surface area contributed by atoms with Gasteiger partial charge in [-0.3, -0.25) is 4.98 Å². The van der Waals surface area contributed by atoms with Crippen molar-refractivity contribution in [1.29, 1.82) is 0 Å². The maximum absolute atomic E-state index is 12.3. The van der Waals surface area contributed by atoms with E-state index >= 15 is 0 Å². The van der Waals surface area contributed by atoms with Gasteiger partial charge in [0.1, 0.15) is 5.60 Å². The monoisotopic (exact) mass is 363 g/mol. The number of hydrogen-bond acceptors (Lipinski definition) is 6. The highest BCUT2D eigenvalue weighted by Gasteiger charge is 2.31. The molecule has 0 N–H and O–H groups in total. The number of carbonyl (C=O) groups is 1. The molecule has 0 spiro atoms. The van der Waals surface area contributed by atoms with Crippen LogP contribution in [0.5, 0.6) is 0 Å². The van der Waals surface area contributed by atoms with E-state index in [-0.39, 0.29) is 12.1 Å². The van der Waals surface area contributed by atoms with Crippen molar-refractivity contribution in [3.8, 4) is 0 Å². The minimum absolute atomic E-state index is 0.0770. The van der Waals surface area contributed by atoms with Gasteiger partial charge in [-0.25, -0.2) is 4.79 Å². The van der Waals surface area contributed by atoms with Crippen molar-refractivity contribution in [3.63, 3.8) is 0 Å². The van der Waals surface area contributed by atoms with Gasteiger partial charge in [0.2, 0.25) is 0 Å². The number of fused-ring (bicyclic) bond motifs is 1. The van der Waals surface area contributed by atoms with Crippen LogP contribution in [0.3, 0.4) is 0 Å². The van der Waals surface area contributed by atoms with Crippen LogP contribution in [0, 0.1) is 0 Å². The third kappa shape index (κ3) is 3.76. The zero-order valence-electron chi connectivity index (χ0n) is 14.9. The molecule has 2 aromatic heterocycles. The molecular weight excluding hydrogens is 342 g/mol. The van der Waals surface area contributed by atoms with E-state index in [4.69, 9.17) is 16.3 Å². The largest absolute Gasteiger partial charge is 0.444 e. The van der Waals surface area contributed by atoms with Crippen LogP contribution in [-0.4, -0.2) is 57.5 Å². The number of hydrogen-bond donors (Lipinski definition) is 0. The van der Waals surface area contributed by atoms with Gasteiger partial charge in [0.15, 0.2) is 11.0 Å². The lowest BCUT2D eigenvalue weighted by Gasteiger charge is -2.40. The molecule has 25 heavy (non-hydrogen) atoms. The Labute approximate surface area is 151 Å². The summed E-state index contributed by atoms with van der Waals surface area (Å²) in [4.78, 5) is 20.3. The first kappa shape index (κ1) is 17.7. The predicted molar refractivity (Wildman–Crippen MR) is 97.0 cm³/mol. The third-order valence-electron chi connectivity index (χ3n) is 4.07. The molecule has 2 aromatic rings. The van der Waals surface area contributed by atoms with Gasteiger partial charge in [-0.05, 0) is 33.8 Å². The molecule has 0 saturated carbocycles. The Morgan fingerprint density at radius 3 is 2.72 bits per heavy atom. The van der Waals surface area contributed by atoms with Crippen LogP contribution in [0.2, 0.25) is 5.15 Å². The molecule has 3 heterocycles. The van der Waals surface area contributed by atoms with Gasteiger partial charge in [-0.15, -0.1) is 10.2 Å². The van der Waals surface area contributed by atoms with Crippen LogP contribution in [0.1, 0.15) is 27.7 Å². The average molecular weight is 364 g/mol. The molecule has 0 radical (unpaired) electrons. The lowest BCUT2D eigenvalue weighted by atomic mass is 10.1. The Balaban J connectivity index is 1.81. The van der Waals surface area contributed by atoms with E-state index in [2.05, 4.69) is 27.0 Å². The lowest BCUT2D eigenvalue weighted by molar-refractivity contribution is 0.0218. The fourth-order valence-electron chi connectivity index (χ4n) is 2.93. The smallest absolute Gasteiger partial charge is 0.410 e. The normalized spacial score (nSPS) is 18.5. The molecule has 1 unspecified atom stereocenters. The number of halogens is 1. The second-order valence-electron chi connectivity index (χ2n) is 7.20. The zero-order valence-corrected chi connectivity index (χ0v) is 15.6. The summed E-state index contributed by atoms with van der Waals surface area (Å²) in [6.07, 6.45) is 3.12. The lowest BCUT2D eigenvalue weighted by Crippen LogP contribution is -2.55. The zero-order chi connectivity index (χ0) is 18.2. The molecule has 0 aromatic carbocycles. The fourth-order valence-corrected chi connectivity index (χ4v) is 3.12. The van der Waals surface area contributed by atoms with Crippen LogP contribution in [0.25, 0.3) is 10.8 Å². The number of carbonyl (C=O) groups excluding carboxylic acids is 1. The molecule has 1 aliphatic heterocycles. The standard InChI is InChI=1S/C17H22ClN5O2/c1-11-10-22(16(24)25-17(2,3)4)7-8-23(11)15-12-5-6-19-9-13(12)14(18)20-21-15/h5-6,9,11H,7-8,10H2,1-4H3. The summed E-state index contributed by atoms with van der Waals surface area (Å²) >= 11 is 6.13. The number of amides is 1. The van der Waals surface area contributed by atoms with Crippen LogP contribution < -0.4 is 4.90 Å². The van der Waals surface area contributed by atoms with Gasteiger partial charge in [-0.1, -0.05) is 11.6 Å².